The Hall–Kier alpha value is -3.00. The van der Waals surface area contributed by atoms with Crippen LogP contribution in [-0.2, 0) is 11.3 Å². The predicted molar refractivity (Wildman–Crippen MR) is 110 cm³/mol. The van der Waals surface area contributed by atoms with Gasteiger partial charge < -0.3 is 15.0 Å². The minimum absolute atomic E-state index is 0.110. The van der Waals surface area contributed by atoms with Crippen molar-refractivity contribution in [3.8, 4) is 11.8 Å². The normalized spacial score (nSPS) is 14.1. The van der Waals surface area contributed by atoms with Crippen molar-refractivity contribution in [1.82, 2.24) is 5.32 Å². The molecule has 5 heteroatoms. The Bertz CT molecular complexity index is 820. The van der Waals surface area contributed by atoms with Crippen molar-refractivity contribution in [3.05, 3.63) is 59.7 Å². The molecule has 1 N–H and O–H groups in total. The largest absolute Gasteiger partial charge is 0.482 e. The highest BCUT2D eigenvalue weighted by atomic mass is 16.5. The summed E-state index contributed by atoms with van der Waals surface area (Å²) < 4.78 is 5.45. The molecule has 3 rings (SSSR count). The molecular weight excluding hydrogens is 350 g/mol. The molecule has 1 fully saturated rings. The number of ether oxygens (including phenoxy) is 1. The van der Waals surface area contributed by atoms with Gasteiger partial charge in [0.15, 0.2) is 6.61 Å². The zero-order chi connectivity index (χ0) is 19.8. The predicted octanol–water partition coefficient (Wildman–Crippen LogP) is 4.02. The maximum Gasteiger partial charge on any atom is 0.258 e. The minimum Gasteiger partial charge on any atom is -0.482 e. The van der Waals surface area contributed by atoms with Crippen LogP contribution in [0.5, 0.6) is 5.75 Å². The van der Waals surface area contributed by atoms with E-state index in [9.17, 15) is 4.79 Å². The summed E-state index contributed by atoms with van der Waals surface area (Å²) in [6, 6.07) is 17.9. The number of nitriles is 1. The molecule has 0 aromatic heterocycles. The first kappa shape index (κ1) is 19.8. The number of hydrogen-bond donors (Lipinski definition) is 1. The Morgan fingerprint density at radius 2 is 1.86 bits per heavy atom. The number of carbonyl (C=O) groups excluding carboxylic acids is 1. The van der Waals surface area contributed by atoms with Crippen LogP contribution in [0.4, 0.5) is 5.69 Å². The summed E-state index contributed by atoms with van der Waals surface area (Å²) in [5.74, 6) is 0.214. The maximum atomic E-state index is 12.0. The molecule has 0 unspecified atom stereocenters. The Labute approximate surface area is 166 Å². The molecule has 5 nitrogen and oxygen atoms in total. The van der Waals surface area contributed by atoms with Gasteiger partial charge in [0, 0.05) is 25.3 Å². The van der Waals surface area contributed by atoms with Crippen LogP contribution < -0.4 is 15.0 Å². The quantitative estimate of drug-likeness (QED) is 0.791. The first-order valence-electron chi connectivity index (χ1n) is 9.88. The number of anilines is 1. The van der Waals surface area contributed by atoms with E-state index < -0.39 is 0 Å². The van der Waals surface area contributed by atoms with Crippen LogP contribution in [0, 0.1) is 11.3 Å². The van der Waals surface area contributed by atoms with E-state index in [-0.39, 0.29) is 12.5 Å². The summed E-state index contributed by atoms with van der Waals surface area (Å²) in [7, 11) is 2.17. The summed E-state index contributed by atoms with van der Waals surface area (Å²) >= 11 is 0. The number of hydrogen-bond acceptors (Lipinski definition) is 4. The number of benzene rings is 2. The van der Waals surface area contributed by atoms with Gasteiger partial charge in [-0.05, 0) is 42.7 Å². The highest BCUT2D eigenvalue weighted by molar-refractivity contribution is 5.77. The van der Waals surface area contributed by atoms with Gasteiger partial charge in [0.25, 0.3) is 5.91 Å². The summed E-state index contributed by atoms with van der Waals surface area (Å²) in [6.45, 7) is 0.344. The van der Waals surface area contributed by atoms with Crippen LogP contribution in [0.25, 0.3) is 0 Å². The minimum atomic E-state index is -0.212. The van der Waals surface area contributed by atoms with Crippen molar-refractivity contribution < 1.29 is 9.53 Å². The van der Waals surface area contributed by atoms with Crippen LogP contribution in [-0.4, -0.2) is 25.6 Å². The van der Waals surface area contributed by atoms with E-state index >= 15 is 0 Å². The standard InChI is InChI=1S/C23H27N3O2/c1-26(20-8-3-2-4-9-20)21-13-11-18(12-14-21)16-25-23(27)17-28-22-10-6-5-7-19(22)15-24/h5-7,10-14,20H,2-4,8-9,16-17H2,1H3,(H,25,27). The molecule has 2 aromatic carbocycles. The van der Waals surface area contributed by atoms with Gasteiger partial charge in [0.2, 0.25) is 0 Å². The molecule has 1 aliphatic carbocycles. The van der Waals surface area contributed by atoms with E-state index in [0.717, 1.165) is 5.56 Å². The average molecular weight is 377 g/mol. The molecule has 28 heavy (non-hydrogen) atoms. The molecular formula is C23H27N3O2. The third-order valence-corrected chi connectivity index (χ3v) is 5.32. The monoisotopic (exact) mass is 377 g/mol. The molecule has 1 amide bonds. The van der Waals surface area contributed by atoms with Crippen LogP contribution in [0.15, 0.2) is 48.5 Å². The first-order chi connectivity index (χ1) is 13.7. The molecule has 146 valence electrons. The zero-order valence-electron chi connectivity index (χ0n) is 16.4. The van der Waals surface area contributed by atoms with Gasteiger partial charge in [-0.15, -0.1) is 0 Å². The van der Waals surface area contributed by atoms with Gasteiger partial charge >= 0.3 is 0 Å². The van der Waals surface area contributed by atoms with E-state index in [2.05, 4.69) is 47.6 Å². The van der Waals surface area contributed by atoms with Crippen molar-refractivity contribution in [2.75, 3.05) is 18.6 Å². The smallest absolute Gasteiger partial charge is 0.258 e. The highest BCUT2D eigenvalue weighted by Gasteiger charge is 2.18. The third kappa shape index (κ3) is 5.26. The van der Waals surface area contributed by atoms with E-state index in [1.165, 1.54) is 37.8 Å². The summed E-state index contributed by atoms with van der Waals surface area (Å²) in [4.78, 5) is 14.4. The number of nitrogens with one attached hydrogen (secondary N) is 1. The number of rotatable bonds is 7. The topological polar surface area (TPSA) is 65.4 Å². The number of amides is 1. The Kier molecular flexibility index (Phi) is 6.91. The van der Waals surface area contributed by atoms with Crippen LogP contribution in [0.1, 0.15) is 43.2 Å². The first-order valence-corrected chi connectivity index (χ1v) is 9.88. The lowest BCUT2D eigenvalue weighted by Gasteiger charge is -2.33. The molecule has 1 aliphatic rings. The molecule has 0 radical (unpaired) electrons. The molecule has 2 aromatic rings. The average Bonchev–Trinajstić information content (AvgIpc) is 2.77. The van der Waals surface area contributed by atoms with Gasteiger partial charge in [-0.2, -0.15) is 5.26 Å². The van der Waals surface area contributed by atoms with Gasteiger partial charge in [-0.1, -0.05) is 43.5 Å². The Balaban J connectivity index is 1.46. The lowest BCUT2D eigenvalue weighted by molar-refractivity contribution is -0.123. The van der Waals surface area contributed by atoms with Gasteiger partial charge in [-0.3, -0.25) is 4.79 Å². The van der Waals surface area contributed by atoms with E-state index in [1.807, 2.05) is 0 Å². The fraction of sp³-hybridized carbons (Fsp3) is 0.391. The zero-order valence-corrected chi connectivity index (χ0v) is 16.4. The Morgan fingerprint density at radius 1 is 1.14 bits per heavy atom. The highest BCUT2D eigenvalue weighted by Crippen LogP contribution is 2.26. The molecule has 0 saturated heterocycles. The van der Waals surface area contributed by atoms with Crippen LogP contribution >= 0.6 is 0 Å². The fourth-order valence-corrected chi connectivity index (χ4v) is 3.61. The summed E-state index contributed by atoms with van der Waals surface area (Å²) in [6.07, 6.45) is 6.53. The van der Waals surface area contributed by atoms with Crippen molar-refractivity contribution in [3.63, 3.8) is 0 Å². The number of carbonyl (C=O) groups is 1. The van der Waals surface area contributed by atoms with Crippen molar-refractivity contribution >= 4 is 11.6 Å². The fourth-order valence-electron chi connectivity index (χ4n) is 3.61. The van der Waals surface area contributed by atoms with Crippen molar-refractivity contribution in [2.45, 2.75) is 44.7 Å². The summed E-state index contributed by atoms with van der Waals surface area (Å²) in [5, 5.41) is 11.9. The second kappa shape index (κ2) is 9.80. The van der Waals surface area contributed by atoms with Gasteiger partial charge in [0.05, 0.1) is 5.56 Å². The van der Waals surface area contributed by atoms with Gasteiger partial charge in [0.1, 0.15) is 11.8 Å². The molecule has 0 atom stereocenters. The van der Waals surface area contributed by atoms with Crippen molar-refractivity contribution in [2.24, 2.45) is 0 Å². The van der Waals surface area contributed by atoms with Crippen molar-refractivity contribution in [1.29, 1.82) is 5.26 Å². The van der Waals surface area contributed by atoms with E-state index in [4.69, 9.17) is 10.00 Å². The van der Waals surface area contributed by atoms with Crippen LogP contribution in [0.3, 0.4) is 0 Å². The van der Waals surface area contributed by atoms with E-state index in [0.29, 0.717) is 23.9 Å². The molecule has 0 bridgehead atoms. The van der Waals surface area contributed by atoms with Crippen LogP contribution in [0.2, 0.25) is 0 Å². The maximum absolute atomic E-state index is 12.0. The number of para-hydroxylation sites is 1. The third-order valence-electron chi connectivity index (χ3n) is 5.32. The lowest BCUT2D eigenvalue weighted by Crippen LogP contribution is -2.33. The second-order valence-corrected chi connectivity index (χ2v) is 7.24. The van der Waals surface area contributed by atoms with E-state index in [1.54, 1.807) is 24.3 Å². The Morgan fingerprint density at radius 3 is 2.57 bits per heavy atom. The molecule has 1 saturated carbocycles. The SMILES string of the molecule is CN(c1ccc(CNC(=O)COc2ccccc2C#N)cc1)C1CCCCC1. The summed E-state index contributed by atoms with van der Waals surface area (Å²) in [5.41, 5.74) is 2.69. The molecule has 0 aliphatic heterocycles. The molecule has 0 spiro atoms. The lowest BCUT2D eigenvalue weighted by atomic mass is 9.94. The second-order valence-electron chi connectivity index (χ2n) is 7.24. The van der Waals surface area contributed by atoms with Gasteiger partial charge in [-0.25, -0.2) is 0 Å². The molecule has 0 heterocycles. The number of nitrogens with zero attached hydrogens (tertiary/aromatic N) is 2.